The highest BCUT2D eigenvalue weighted by Crippen LogP contribution is 2.09. The van der Waals surface area contributed by atoms with Crippen molar-refractivity contribution in [3.8, 4) is 0 Å². The van der Waals surface area contributed by atoms with Gasteiger partial charge in [-0.25, -0.2) is 4.99 Å². The molecule has 114 valence electrons. The minimum atomic E-state index is 0.259. The van der Waals surface area contributed by atoms with E-state index in [0.29, 0.717) is 12.5 Å². The quantitative estimate of drug-likeness (QED) is 0.485. The molecule has 0 aliphatic rings. The summed E-state index contributed by atoms with van der Waals surface area (Å²) in [4.78, 5) is 4.59. The lowest BCUT2D eigenvalue weighted by Gasteiger charge is -2.18. The Morgan fingerprint density at radius 3 is 2.80 bits per heavy atom. The molecule has 0 aromatic carbocycles. The summed E-state index contributed by atoms with van der Waals surface area (Å²) in [5.41, 5.74) is 1.24. The van der Waals surface area contributed by atoms with Crippen LogP contribution in [-0.2, 0) is 6.54 Å². The molecule has 1 heterocycles. The van der Waals surface area contributed by atoms with Gasteiger partial charge in [0, 0.05) is 19.7 Å². The van der Waals surface area contributed by atoms with E-state index in [4.69, 9.17) is 5.11 Å². The van der Waals surface area contributed by atoms with E-state index in [1.54, 1.807) is 11.3 Å². The van der Waals surface area contributed by atoms with E-state index in [-0.39, 0.29) is 6.61 Å². The van der Waals surface area contributed by atoms with Crippen molar-refractivity contribution in [1.82, 2.24) is 10.6 Å². The van der Waals surface area contributed by atoms with Gasteiger partial charge in [-0.3, -0.25) is 0 Å². The molecule has 0 saturated carbocycles. The molecule has 0 aliphatic carbocycles. The van der Waals surface area contributed by atoms with Gasteiger partial charge in [0.05, 0.1) is 6.54 Å². The molecule has 1 aromatic rings. The normalized spacial score (nSPS) is 13.2. The average molecular weight is 297 g/mol. The average Bonchev–Trinajstić information content (AvgIpc) is 2.95. The number of aliphatic hydroxyl groups is 1. The maximum atomic E-state index is 9.09. The minimum absolute atomic E-state index is 0.259. The Labute approximate surface area is 126 Å². The van der Waals surface area contributed by atoms with Crippen LogP contribution in [0.5, 0.6) is 0 Å². The molecule has 0 bridgehead atoms. The second kappa shape index (κ2) is 10.7. The maximum absolute atomic E-state index is 9.09. The van der Waals surface area contributed by atoms with Gasteiger partial charge in [-0.1, -0.05) is 13.3 Å². The number of rotatable bonds is 9. The Hall–Kier alpha value is -1.07. The zero-order valence-corrected chi connectivity index (χ0v) is 13.4. The minimum Gasteiger partial charge on any atom is -0.396 e. The first-order valence-corrected chi connectivity index (χ1v) is 8.38. The summed E-state index contributed by atoms with van der Waals surface area (Å²) in [7, 11) is 0. The van der Waals surface area contributed by atoms with Crippen molar-refractivity contribution in [3.63, 3.8) is 0 Å². The molecule has 0 amide bonds. The first-order valence-electron chi connectivity index (χ1n) is 7.44. The second-order valence-electron chi connectivity index (χ2n) is 4.87. The summed E-state index contributed by atoms with van der Waals surface area (Å²) in [6.45, 7) is 6.93. The number of nitrogens with zero attached hydrogens (tertiary/aromatic N) is 1. The van der Waals surface area contributed by atoms with Gasteiger partial charge in [0.15, 0.2) is 5.96 Å². The van der Waals surface area contributed by atoms with Crippen molar-refractivity contribution in [2.45, 2.75) is 39.7 Å². The summed E-state index contributed by atoms with van der Waals surface area (Å²) in [6, 6.07) is 2.10. The van der Waals surface area contributed by atoms with Crippen molar-refractivity contribution in [1.29, 1.82) is 0 Å². The lowest BCUT2D eigenvalue weighted by molar-refractivity contribution is 0.251. The van der Waals surface area contributed by atoms with Crippen LogP contribution in [0.4, 0.5) is 0 Å². The smallest absolute Gasteiger partial charge is 0.191 e. The molecule has 0 saturated heterocycles. The number of hydrogen-bond donors (Lipinski definition) is 3. The van der Waals surface area contributed by atoms with E-state index in [2.05, 4.69) is 46.3 Å². The SMILES string of the molecule is CCCC(CCO)CNC(=NCc1ccsc1)NCC. The molecule has 0 aliphatic heterocycles. The lowest BCUT2D eigenvalue weighted by atomic mass is 10.0. The monoisotopic (exact) mass is 297 g/mol. The van der Waals surface area contributed by atoms with Crippen molar-refractivity contribution in [2.75, 3.05) is 19.7 Å². The van der Waals surface area contributed by atoms with E-state index in [1.165, 1.54) is 5.56 Å². The molecule has 1 atom stereocenters. The molecule has 3 N–H and O–H groups in total. The Balaban J connectivity index is 2.46. The van der Waals surface area contributed by atoms with Gasteiger partial charge in [-0.05, 0) is 48.1 Å². The Kier molecular flexibility index (Phi) is 9.07. The van der Waals surface area contributed by atoms with E-state index < -0.39 is 0 Å². The molecule has 1 rings (SSSR count). The number of thiophene rings is 1. The third kappa shape index (κ3) is 6.91. The summed E-state index contributed by atoms with van der Waals surface area (Å²) in [5, 5.41) is 19.9. The Morgan fingerprint density at radius 1 is 1.35 bits per heavy atom. The summed E-state index contributed by atoms with van der Waals surface area (Å²) >= 11 is 1.70. The maximum Gasteiger partial charge on any atom is 0.191 e. The number of aliphatic imine (C=N–C) groups is 1. The fourth-order valence-corrected chi connectivity index (χ4v) is 2.73. The molecule has 0 fully saturated rings. The molecule has 20 heavy (non-hydrogen) atoms. The topological polar surface area (TPSA) is 56.6 Å². The van der Waals surface area contributed by atoms with Crippen LogP contribution < -0.4 is 10.6 Å². The van der Waals surface area contributed by atoms with Crippen LogP contribution in [0.2, 0.25) is 0 Å². The highest BCUT2D eigenvalue weighted by molar-refractivity contribution is 7.07. The second-order valence-corrected chi connectivity index (χ2v) is 5.65. The van der Waals surface area contributed by atoms with Gasteiger partial charge in [0.1, 0.15) is 0 Å². The lowest BCUT2D eigenvalue weighted by Crippen LogP contribution is -2.40. The molecule has 1 aromatic heterocycles. The summed E-state index contributed by atoms with van der Waals surface area (Å²) in [6.07, 6.45) is 3.14. The van der Waals surface area contributed by atoms with Gasteiger partial charge in [0.25, 0.3) is 0 Å². The van der Waals surface area contributed by atoms with Gasteiger partial charge < -0.3 is 15.7 Å². The fraction of sp³-hybridized carbons (Fsp3) is 0.667. The van der Waals surface area contributed by atoms with Crippen molar-refractivity contribution in [3.05, 3.63) is 22.4 Å². The molecular weight excluding hydrogens is 270 g/mol. The number of nitrogens with one attached hydrogen (secondary N) is 2. The van der Waals surface area contributed by atoms with E-state index in [1.807, 2.05) is 0 Å². The highest BCUT2D eigenvalue weighted by Gasteiger charge is 2.08. The van der Waals surface area contributed by atoms with Crippen LogP contribution in [0.3, 0.4) is 0 Å². The van der Waals surface area contributed by atoms with Crippen LogP contribution in [0.15, 0.2) is 21.8 Å². The molecule has 0 spiro atoms. The molecular formula is C15H27N3OS. The van der Waals surface area contributed by atoms with Crippen molar-refractivity contribution in [2.24, 2.45) is 10.9 Å². The van der Waals surface area contributed by atoms with Gasteiger partial charge >= 0.3 is 0 Å². The van der Waals surface area contributed by atoms with Crippen molar-refractivity contribution < 1.29 is 5.11 Å². The van der Waals surface area contributed by atoms with Crippen LogP contribution in [-0.4, -0.2) is 30.8 Å². The summed E-state index contributed by atoms with van der Waals surface area (Å²) < 4.78 is 0. The Morgan fingerprint density at radius 2 is 2.20 bits per heavy atom. The van der Waals surface area contributed by atoms with E-state index >= 15 is 0 Å². The third-order valence-corrected chi connectivity index (χ3v) is 3.87. The van der Waals surface area contributed by atoms with Gasteiger partial charge in [-0.2, -0.15) is 11.3 Å². The zero-order chi connectivity index (χ0) is 14.6. The number of hydrogen-bond acceptors (Lipinski definition) is 3. The van der Waals surface area contributed by atoms with E-state index in [9.17, 15) is 0 Å². The van der Waals surface area contributed by atoms with Crippen LogP contribution in [0.1, 0.15) is 38.7 Å². The van der Waals surface area contributed by atoms with Crippen molar-refractivity contribution >= 4 is 17.3 Å². The third-order valence-electron chi connectivity index (χ3n) is 3.14. The van der Waals surface area contributed by atoms with Gasteiger partial charge in [-0.15, -0.1) is 0 Å². The number of aliphatic hydroxyl groups excluding tert-OH is 1. The van der Waals surface area contributed by atoms with Crippen LogP contribution in [0, 0.1) is 5.92 Å². The first-order chi connectivity index (χ1) is 9.80. The Bertz CT molecular complexity index is 359. The molecule has 4 nitrogen and oxygen atoms in total. The predicted octanol–water partition coefficient (Wildman–Crippen LogP) is 2.60. The first kappa shape index (κ1) is 17.0. The zero-order valence-electron chi connectivity index (χ0n) is 12.6. The van der Waals surface area contributed by atoms with Crippen LogP contribution >= 0.6 is 11.3 Å². The number of guanidine groups is 1. The molecule has 5 heteroatoms. The summed E-state index contributed by atoms with van der Waals surface area (Å²) in [5.74, 6) is 1.37. The van der Waals surface area contributed by atoms with Gasteiger partial charge in [0.2, 0.25) is 0 Å². The largest absolute Gasteiger partial charge is 0.396 e. The highest BCUT2D eigenvalue weighted by atomic mass is 32.1. The molecule has 0 radical (unpaired) electrons. The fourth-order valence-electron chi connectivity index (χ4n) is 2.08. The van der Waals surface area contributed by atoms with Crippen LogP contribution in [0.25, 0.3) is 0 Å². The predicted molar refractivity (Wildman–Crippen MR) is 87.2 cm³/mol. The molecule has 1 unspecified atom stereocenters. The standard InChI is InChI=1S/C15H27N3OS/c1-3-5-13(6-8-19)10-17-15(16-4-2)18-11-14-7-9-20-12-14/h7,9,12-13,19H,3-6,8,10-11H2,1-2H3,(H2,16,17,18). The van der Waals surface area contributed by atoms with E-state index in [0.717, 1.165) is 38.3 Å².